The summed E-state index contributed by atoms with van der Waals surface area (Å²) in [6.07, 6.45) is 0.773. The Bertz CT molecular complexity index is 560. The highest BCUT2D eigenvalue weighted by atomic mass is 16.3. The number of benzene rings is 1. The molecule has 0 saturated carbocycles. The van der Waals surface area contributed by atoms with E-state index in [2.05, 4.69) is 54.0 Å². The van der Waals surface area contributed by atoms with Gasteiger partial charge < -0.3 is 10.1 Å². The molecular weight excluding hydrogens is 238 g/mol. The van der Waals surface area contributed by atoms with E-state index < -0.39 is 0 Å². The smallest absolute Gasteiger partial charge is 0.104 e. The van der Waals surface area contributed by atoms with Crippen molar-refractivity contribution in [2.45, 2.75) is 39.3 Å². The number of aliphatic hydroxyl groups is 1. The Hall–Kier alpha value is -1.39. The number of hydrogen-bond acceptors (Lipinski definition) is 3. The number of hydrogen-bond donors (Lipinski definition) is 2. The molecule has 4 nitrogen and oxygen atoms in total. The maximum Gasteiger partial charge on any atom is 0.104 e. The number of imidazole rings is 1. The first-order valence-corrected chi connectivity index (χ1v) is 6.70. The van der Waals surface area contributed by atoms with Crippen molar-refractivity contribution in [2.24, 2.45) is 0 Å². The van der Waals surface area contributed by atoms with Gasteiger partial charge in [0.1, 0.15) is 5.82 Å². The summed E-state index contributed by atoms with van der Waals surface area (Å²) in [5, 5.41) is 9.12. The molecule has 0 spiro atoms. The molecule has 0 fully saturated rings. The third kappa shape index (κ3) is 3.14. The van der Waals surface area contributed by atoms with Crippen LogP contribution < -0.4 is 0 Å². The van der Waals surface area contributed by atoms with Crippen LogP contribution in [-0.4, -0.2) is 39.2 Å². The maximum absolute atomic E-state index is 9.12. The van der Waals surface area contributed by atoms with Crippen LogP contribution in [0.5, 0.6) is 0 Å². The van der Waals surface area contributed by atoms with E-state index >= 15 is 0 Å². The maximum atomic E-state index is 9.12. The minimum absolute atomic E-state index is 0.00634. The van der Waals surface area contributed by atoms with Crippen LogP contribution in [0.25, 0.3) is 11.0 Å². The molecule has 0 amide bonds. The molecule has 2 aromatic rings. The van der Waals surface area contributed by atoms with Crippen LogP contribution >= 0.6 is 0 Å². The topological polar surface area (TPSA) is 52.1 Å². The van der Waals surface area contributed by atoms with Crippen molar-refractivity contribution in [2.75, 3.05) is 13.7 Å². The number of fused-ring (bicyclic) bond motifs is 1. The lowest BCUT2D eigenvalue weighted by molar-refractivity contribution is 0.110. The molecule has 0 bridgehead atoms. The molecule has 0 atom stereocenters. The van der Waals surface area contributed by atoms with E-state index in [1.165, 1.54) is 5.56 Å². The molecule has 1 heterocycles. The molecule has 19 heavy (non-hydrogen) atoms. The summed E-state index contributed by atoms with van der Waals surface area (Å²) in [4.78, 5) is 9.95. The van der Waals surface area contributed by atoms with Crippen LogP contribution in [0.1, 0.15) is 31.7 Å². The van der Waals surface area contributed by atoms with Crippen molar-refractivity contribution in [3.63, 3.8) is 0 Å². The van der Waals surface area contributed by atoms with Crippen molar-refractivity contribution in [3.8, 4) is 0 Å². The zero-order valence-corrected chi connectivity index (χ0v) is 12.2. The zero-order valence-electron chi connectivity index (χ0n) is 12.2. The van der Waals surface area contributed by atoms with Crippen LogP contribution in [0.3, 0.4) is 0 Å². The second kappa shape index (κ2) is 5.31. The average Bonchev–Trinajstić information content (AvgIpc) is 2.68. The number of nitrogens with one attached hydrogen (secondary N) is 1. The molecule has 0 aliphatic heterocycles. The van der Waals surface area contributed by atoms with Gasteiger partial charge in [0.05, 0.1) is 11.0 Å². The molecule has 1 aromatic heterocycles. The summed E-state index contributed by atoms with van der Waals surface area (Å²) in [5.74, 6) is 0.945. The molecule has 2 rings (SSSR count). The summed E-state index contributed by atoms with van der Waals surface area (Å²) in [5.41, 5.74) is 3.35. The van der Waals surface area contributed by atoms with Crippen LogP contribution in [0.2, 0.25) is 0 Å². The average molecular weight is 261 g/mol. The predicted octanol–water partition coefficient (Wildman–Crippen LogP) is 2.46. The molecule has 0 radical (unpaired) electrons. The van der Waals surface area contributed by atoms with Gasteiger partial charge in [-0.15, -0.1) is 0 Å². The van der Waals surface area contributed by atoms with Crippen LogP contribution in [0.4, 0.5) is 0 Å². The van der Waals surface area contributed by atoms with Crippen LogP contribution in [0.15, 0.2) is 18.2 Å². The Morgan fingerprint density at radius 2 is 2.11 bits per heavy atom. The quantitative estimate of drug-likeness (QED) is 0.869. The van der Waals surface area contributed by atoms with E-state index in [1.807, 2.05) is 6.92 Å². The van der Waals surface area contributed by atoms with Crippen molar-refractivity contribution < 1.29 is 5.11 Å². The second-order valence-corrected chi connectivity index (χ2v) is 5.82. The first-order chi connectivity index (χ1) is 8.92. The lowest BCUT2D eigenvalue weighted by atomic mass is 9.98. The summed E-state index contributed by atoms with van der Waals surface area (Å²) >= 11 is 0. The van der Waals surface area contributed by atoms with E-state index in [4.69, 9.17) is 5.11 Å². The lowest BCUT2D eigenvalue weighted by Crippen LogP contribution is -2.41. The molecule has 2 N–H and O–H groups in total. The number of aromatic amines is 1. The van der Waals surface area contributed by atoms with Gasteiger partial charge >= 0.3 is 0 Å². The third-order valence-corrected chi connectivity index (χ3v) is 3.84. The number of H-pyrrole nitrogens is 1. The van der Waals surface area contributed by atoms with Crippen molar-refractivity contribution in [3.05, 3.63) is 29.6 Å². The summed E-state index contributed by atoms with van der Waals surface area (Å²) in [7, 11) is 2.10. The molecule has 0 saturated heterocycles. The highest BCUT2D eigenvalue weighted by Gasteiger charge is 2.22. The number of aliphatic hydroxyl groups excluding tert-OH is 1. The summed E-state index contributed by atoms with van der Waals surface area (Å²) < 4.78 is 0. The van der Waals surface area contributed by atoms with Gasteiger partial charge in [-0.1, -0.05) is 6.07 Å². The predicted molar refractivity (Wildman–Crippen MR) is 78.1 cm³/mol. The standard InChI is InChI=1S/C15H23N3O/c1-11-16-13-6-5-12(9-14(13)17-11)10-18(4)15(2,3)7-8-19/h5-6,9,19H,7-8,10H2,1-4H3,(H,16,17). The van der Waals surface area contributed by atoms with Gasteiger partial charge in [-0.25, -0.2) is 4.98 Å². The number of rotatable bonds is 5. The second-order valence-electron chi connectivity index (χ2n) is 5.82. The van der Waals surface area contributed by atoms with Crippen molar-refractivity contribution >= 4 is 11.0 Å². The SMILES string of the molecule is Cc1nc2ccc(CN(C)C(C)(C)CCO)cc2[nH]1. The molecule has 0 aliphatic rings. The Labute approximate surface area is 114 Å². The number of aromatic nitrogens is 2. The van der Waals surface area contributed by atoms with Gasteiger partial charge in [0.25, 0.3) is 0 Å². The van der Waals surface area contributed by atoms with Crippen molar-refractivity contribution in [1.82, 2.24) is 14.9 Å². The van der Waals surface area contributed by atoms with E-state index in [1.54, 1.807) is 0 Å². The Kier molecular flexibility index (Phi) is 3.92. The van der Waals surface area contributed by atoms with Crippen LogP contribution in [0, 0.1) is 6.92 Å². The highest BCUT2D eigenvalue weighted by Crippen LogP contribution is 2.21. The van der Waals surface area contributed by atoms with Gasteiger partial charge in [0.15, 0.2) is 0 Å². The minimum Gasteiger partial charge on any atom is -0.396 e. The van der Waals surface area contributed by atoms with Gasteiger partial charge in [0, 0.05) is 18.7 Å². The van der Waals surface area contributed by atoms with Gasteiger partial charge in [0.2, 0.25) is 0 Å². The molecule has 1 aromatic carbocycles. The normalized spacial score (nSPS) is 12.5. The molecular formula is C15H23N3O. The lowest BCUT2D eigenvalue weighted by Gasteiger charge is -2.35. The molecule has 4 heteroatoms. The van der Waals surface area contributed by atoms with Crippen LogP contribution in [-0.2, 0) is 6.54 Å². The fourth-order valence-electron chi connectivity index (χ4n) is 2.24. The number of aryl methyl sites for hydroxylation is 1. The summed E-state index contributed by atoms with van der Waals surface area (Å²) in [6.45, 7) is 7.36. The molecule has 104 valence electrons. The zero-order chi connectivity index (χ0) is 14.0. The molecule has 0 aliphatic carbocycles. The Morgan fingerprint density at radius 3 is 2.79 bits per heavy atom. The van der Waals surface area contributed by atoms with Gasteiger partial charge in [-0.05, 0) is 51.9 Å². The van der Waals surface area contributed by atoms with Gasteiger partial charge in [-0.2, -0.15) is 0 Å². The van der Waals surface area contributed by atoms with E-state index in [0.717, 1.165) is 29.8 Å². The highest BCUT2D eigenvalue weighted by molar-refractivity contribution is 5.75. The Balaban J connectivity index is 2.16. The van der Waals surface area contributed by atoms with E-state index in [9.17, 15) is 0 Å². The van der Waals surface area contributed by atoms with Crippen molar-refractivity contribution in [1.29, 1.82) is 0 Å². The van der Waals surface area contributed by atoms with E-state index in [0.29, 0.717) is 0 Å². The number of nitrogens with zero attached hydrogens (tertiary/aromatic N) is 2. The minimum atomic E-state index is -0.00634. The first-order valence-electron chi connectivity index (χ1n) is 6.70. The molecule has 0 unspecified atom stereocenters. The monoisotopic (exact) mass is 261 g/mol. The summed E-state index contributed by atoms with van der Waals surface area (Å²) in [6, 6.07) is 6.33. The van der Waals surface area contributed by atoms with E-state index in [-0.39, 0.29) is 12.1 Å². The fraction of sp³-hybridized carbons (Fsp3) is 0.533. The Morgan fingerprint density at radius 1 is 1.37 bits per heavy atom. The van der Waals surface area contributed by atoms with Gasteiger partial charge in [-0.3, -0.25) is 4.90 Å². The third-order valence-electron chi connectivity index (χ3n) is 3.84. The first kappa shape index (κ1) is 14.0. The largest absolute Gasteiger partial charge is 0.396 e. The fourth-order valence-corrected chi connectivity index (χ4v) is 2.24.